The van der Waals surface area contributed by atoms with Crippen LogP contribution in [0.4, 0.5) is 18.9 Å². The molecule has 29 heavy (non-hydrogen) atoms. The Balaban J connectivity index is 2.10. The van der Waals surface area contributed by atoms with Gasteiger partial charge in [-0.1, -0.05) is 18.2 Å². The molecule has 154 valence electrons. The number of nitrogens with zero attached hydrogens (tertiary/aromatic N) is 3. The topological polar surface area (TPSA) is 75.3 Å². The molecule has 0 unspecified atom stereocenters. The minimum atomic E-state index is -4.43. The molecule has 1 aromatic carbocycles. The third kappa shape index (κ3) is 5.85. The molecule has 0 saturated heterocycles. The Morgan fingerprint density at radius 2 is 1.86 bits per heavy atom. The first-order chi connectivity index (χ1) is 13.6. The molecule has 0 aliphatic rings. The lowest BCUT2D eigenvalue weighted by Crippen LogP contribution is -2.35. The molecular weight excluding hydrogens is 387 g/mol. The molecular formula is C20H20F3N3O3. The smallest absolute Gasteiger partial charge is 0.406 e. The average Bonchev–Trinajstić information content (AvgIpc) is 2.94. The van der Waals surface area contributed by atoms with Gasteiger partial charge in [0.1, 0.15) is 6.54 Å². The van der Waals surface area contributed by atoms with Crippen molar-refractivity contribution in [1.29, 1.82) is 5.26 Å². The van der Waals surface area contributed by atoms with Gasteiger partial charge in [0.25, 0.3) is 5.91 Å². The molecule has 0 radical (unpaired) electrons. The number of nitriles is 1. The number of hydrogen-bond donors (Lipinski definition) is 0. The molecule has 6 nitrogen and oxygen atoms in total. The highest BCUT2D eigenvalue weighted by Gasteiger charge is 2.30. The first-order valence-corrected chi connectivity index (χ1v) is 8.77. The maximum Gasteiger partial charge on any atom is 0.406 e. The quantitative estimate of drug-likeness (QED) is 0.655. The van der Waals surface area contributed by atoms with E-state index >= 15 is 0 Å². The van der Waals surface area contributed by atoms with Crippen molar-refractivity contribution in [3.63, 3.8) is 0 Å². The summed E-state index contributed by atoms with van der Waals surface area (Å²) in [5.41, 5.74) is 0.898. The van der Waals surface area contributed by atoms with E-state index in [1.54, 1.807) is 30.3 Å². The molecule has 1 heterocycles. The van der Waals surface area contributed by atoms with Crippen LogP contribution in [0, 0.1) is 25.2 Å². The molecule has 0 spiro atoms. The molecule has 0 aliphatic heterocycles. The zero-order valence-corrected chi connectivity index (χ0v) is 16.0. The molecule has 9 heteroatoms. The van der Waals surface area contributed by atoms with Gasteiger partial charge in [0, 0.05) is 23.6 Å². The minimum absolute atomic E-state index is 0.0252. The van der Waals surface area contributed by atoms with Gasteiger partial charge in [0.2, 0.25) is 0 Å². The Bertz CT molecular complexity index is 915. The summed E-state index contributed by atoms with van der Waals surface area (Å²) in [5.74, 6) is -1.42. The highest BCUT2D eigenvalue weighted by atomic mass is 19.4. The van der Waals surface area contributed by atoms with Crippen LogP contribution in [0.25, 0.3) is 0 Å². The summed E-state index contributed by atoms with van der Waals surface area (Å²) in [6.45, 7) is 1.16. The number of rotatable bonds is 7. The third-order valence-corrected chi connectivity index (χ3v) is 4.27. The molecule has 0 atom stereocenters. The number of esters is 1. The number of ether oxygens (including phenoxy) is 1. The number of aryl methyl sites for hydroxylation is 1. The molecule has 0 saturated carbocycles. The predicted molar refractivity (Wildman–Crippen MR) is 99.3 cm³/mol. The van der Waals surface area contributed by atoms with E-state index in [-0.39, 0.29) is 29.9 Å². The largest absolute Gasteiger partial charge is 0.452 e. The van der Waals surface area contributed by atoms with Crippen LogP contribution in [-0.2, 0) is 16.1 Å². The van der Waals surface area contributed by atoms with Gasteiger partial charge >= 0.3 is 12.1 Å². The number of para-hydroxylation sites is 1. The lowest BCUT2D eigenvalue weighted by molar-refractivity contribution is -0.141. The molecule has 0 bridgehead atoms. The van der Waals surface area contributed by atoms with E-state index in [4.69, 9.17) is 10.00 Å². The Hall–Kier alpha value is -3.28. The number of aromatic nitrogens is 1. The van der Waals surface area contributed by atoms with E-state index in [0.717, 1.165) is 4.57 Å². The summed E-state index contributed by atoms with van der Waals surface area (Å²) in [5, 5.41) is 8.79. The number of amides is 1. The number of carbonyl (C=O) groups excluding carboxylic acids is 2. The van der Waals surface area contributed by atoms with Gasteiger partial charge in [0.15, 0.2) is 6.61 Å². The fourth-order valence-corrected chi connectivity index (χ4v) is 2.88. The normalized spacial score (nSPS) is 11.0. The molecule has 0 aliphatic carbocycles. The molecule has 2 aromatic rings. The summed E-state index contributed by atoms with van der Waals surface area (Å²) in [6.07, 6.45) is -4.34. The van der Waals surface area contributed by atoms with Gasteiger partial charge in [-0.05, 0) is 32.0 Å². The van der Waals surface area contributed by atoms with Crippen molar-refractivity contribution in [2.75, 3.05) is 18.1 Å². The Morgan fingerprint density at radius 3 is 2.45 bits per heavy atom. The minimum Gasteiger partial charge on any atom is -0.452 e. The summed E-state index contributed by atoms with van der Waals surface area (Å²) in [6, 6.07) is 11.8. The van der Waals surface area contributed by atoms with Crippen LogP contribution in [0.5, 0.6) is 0 Å². The lowest BCUT2D eigenvalue weighted by atomic mass is 10.2. The fraction of sp³-hybridized carbons (Fsp3) is 0.350. The second kappa shape index (κ2) is 9.28. The molecule has 0 N–H and O–H groups in total. The van der Waals surface area contributed by atoms with Crippen molar-refractivity contribution in [2.45, 2.75) is 33.0 Å². The number of carbonyl (C=O) groups is 2. The van der Waals surface area contributed by atoms with E-state index in [9.17, 15) is 22.8 Å². The van der Waals surface area contributed by atoms with Crippen molar-refractivity contribution >= 4 is 17.6 Å². The highest BCUT2D eigenvalue weighted by molar-refractivity contribution is 5.97. The average molecular weight is 407 g/mol. The van der Waals surface area contributed by atoms with Gasteiger partial charge < -0.3 is 14.2 Å². The van der Waals surface area contributed by atoms with E-state index in [1.807, 2.05) is 6.07 Å². The monoisotopic (exact) mass is 407 g/mol. The van der Waals surface area contributed by atoms with E-state index in [2.05, 4.69) is 0 Å². The van der Waals surface area contributed by atoms with Crippen LogP contribution in [-0.4, -0.2) is 35.8 Å². The maximum atomic E-state index is 12.7. The maximum absolute atomic E-state index is 12.7. The van der Waals surface area contributed by atoms with E-state index in [0.29, 0.717) is 5.69 Å². The predicted octanol–water partition coefficient (Wildman–Crippen LogP) is 3.77. The van der Waals surface area contributed by atoms with Gasteiger partial charge in [0.05, 0.1) is 18.1 Å². The number of halogens is 3. The summed E-state index contributed by atoms with van der Waals surface area (Å²) < 4.78 is 44.1. The zero-order valence-electron chi connectivity index (χ0n) is 16.0. The SMILES string of the molecule is Cc1cc(C(=O)OCC(=O)N(CCC#N)c2ccccc2)c(C)n1CC(F)(F)F. The Labute approximate surface area is 166 Å². The molecule has 1 amide bonds. The second-order valence-electron chi connectivity index (χ2n) is 6.35. The summed E-state index contributed by atoms with van der Waals surface area (Å²) in [7, 11) is 0. The number of benzene rings is 1. The number of hydrogen-bond acceptors (Lipinski definition) is 4. The molecule has 2 rings (SSSR count). The van der Waals surface area contributed by atoms with E-state index in [1.165, 1.54) is 24.8 Å². The summed E-state index contributed by atoms with van der Waals surface area (Å²) in [4.78, 5) is 26.2. The van der Waals surface area contributed by atoms with Crippen molar-refractivity contribution in [1.82, 2.24) is 4.57 Å². The highest BCUT2D eigenvalue weighted by Crippen LogP contribution is 2.23. The standard InChI is InChI=1S/C20H20F3N3O3/c1-14-11-17(15(2)26(14)13-20(21,22)23)19(28)29-12-18(27)25(10-6-9-24)16-7-4-3-5-8-16/h3-5,7-8,11H,6,10,12-13H2,1-2H3. The van der Waals surface area contributed by atoms with Crippen LogP contribution in [0.1, 0.15) is 28.2 Å². The third-order valence-electron chi connectivity index (χ3n) is 4.27. The van der Waals surface area contributed by atoms with Crippen molar-refractivity contribution in [3.05, 3.63) is 53.3 Å². The van der Waals surface area contributed by atoms with Crippen LogP contribution in [0.15, 0.2) is 36.4 Å². The van der Waals surface area contributed by atoms with Gasteiger partial charge in [-0.3, -0.25) is 4.79 Å². The van der Waals surface area contributed by atoms with Gasteiger partial charge in [-0.25, -0.2) is 4.79 Å². The summed E-state index contributed by atoms with van der Waals surface area (Å²) >= 11 is 0. The molecule has 1 aromatic heterocycles. The van der Waals surface area contributed by atoms with Crippen LogP contribution in [0.3, 0.4) is 0 Å². The van der Waals surface area contributed by atoms with Crippen LogP contribution in [0.2, 0.25) is 0 Å². The fourth-order valence-electron chi connectivity index (χ4n) is 2.88. The Kier molecular flexibility index (Phi) is 7.04. The first kappa shape index (κ1) is 22.0. The van der Waals surface area contributed by atoms with Crippen LogP contribution >= 0.6 is 0 Å². The second-order valence-corrected chi connectivity index (χ2v) is 6.35. The zero-order chi connectivity index (χ0) is 21.6. The van der Waals surface area contributed by atoms with Crippen molar-refractivity contribution in [3.8, 4) is 6.07 Å². The van der Waals surface area contributed by atoms with Crippen molar-refractivity contribution < 1.29 is 27.5 Å². The number of alkyl halides is 3. The Morgan fingerprint density at radius 1 is 1.21 bits per heavy atom. The lowest BCUT2D eigenvalue weighted by Gasteiger charge is -2.21. The van der Waals surface area contributed by atoms with Gasteiger partial charge in [-0.2, -0.15) is 18.4 Å². The van der Waals surface area contributed by atoms with Gasteiger partial charge in [-0.15, -0.1) is 0 Å². The van der Waals surface area contributed by atoms with E-state index < -0.39 is 31.2 Å². The number of anilines is 1. The molecule has 0 fully saturated rings. The van der Waals surface area contributed by atoms with Crippen LogP contribution < -0.4 is 4.90 Å². The van der Waals surface area contributed by atoms with Crippen molar-refractivity contribution in [2.24, 2.45) is 0 Å². The first-order valence-electron chi connectivity index (χ1n) is 8.77.